The zero-order valence-corrected chi connectivity index (χ0v) is 34.8. The highest BCUT2D eigenvalue weighted by atomic mass is 79.9. The lowest BCUT2D eigenvalue weighted by molar-refractivity contribution is 0.341. The Morgan fingerprint density at radius 3 is 1.67 bits per heavy atom. The van der Waals surface area contributed by atoms with Crippen LogP contribution in [0.5, 0.6) is 0 Å². The third kappa shape index (κ3) is 6.19. The molecule has 0 atom stereocenters. The van der Waals surface area contributed by atoms with Gasteiger partial charge < -0.3 is 13.9 Å². The molecule has 2 heterocycles. The van der Waals surface area contributed by atoms with Gasteiger partial charge in [0.1, 0.15) is 0 Å². The Morgan fingerprint density at radius 1 is 0.414 bits per heavy atom. The van der Waals surface area contributed by atoms with Gasteiger partial charge in [-0.2, -0.15) is 0 Å². The second kappa shape index (κ2) is 15.2. The molecular weight excluding hydrogens is 840 g/mol. The SMILES string of the molecule is Brc1cccc2c1ccc1cc3c(cc12)c1ccccc1n3-c1ccccc1.COC=Cc1c(Br)cccc1-c1ccc2c(c1)c1ccccc1n2-c1ccccc1. The molecule has 5 heteroatoms. The lowest BCUT2D eigenvalue weighted by Crippen LogP contribution is -1.93. The first kappa shape index (κ1) is 36.0. The fourth-order valence-electron chi connectivity index (χ4n) is 8.46. The van der Waals surface area contributed by atoms with Gasteiger partial charge in [0.2, 0.25) is 0 Å². The summed E-state index contributed by atoms with van der Waals surface area (Å²) >= 11 is 7.39. The Hall–Kier alpha value is -6.40. The molecule has 9 aromatic carbocycles. The van der Waals surface area contributed by atoms with Crippen LogP contribution < -0.4 is 0 Å². The maximum Gasteiger partial charge on any atom is 0.0831 e. The first-order valence-electron chi connectivity index (χ1n) is 19.3. The monoisotopic (exact) mass is 874 g/mol. The molecule has 0 spiro atoms. The van der Waals surface area contributed by atoms with Gasteiger partial charge in [-0.1, -0.05) is 147 Å². The molecule has 278 valence electrons. The van der Waals surface area contributed by atoms with Crippen LogP contribution in [0.15, 0.2) is 203 Å². The molecule has 58 heavy (non-hydrogen) atoms. The van der Waals surface area contributed by atoms with Crippen LogP contribution in [-0.2, 0) is 4.74 Å². The Labute approximate surface area is 353 Å². The molecule has 0 bridgehead atoms. The summed E-state index contributed by atoms with van der Waals surface area (Å²) < 4.78 is 12.1. The molecule has 0 saturated carbocycles. The second-order valence-corrected chi connectivity index (χ2v) is 16.0. The van der Waals surface area contributed by atoms with Crippen molar-refractivity contribution < 1.29 is 4.74 Å². The molecule has 11 rings (SSSR count). The number of rotatable bonds is 5. The Morgan fingerprint density at radius 2 is 0.983 bits per heavy atom. The topological polar surface area (TPSA) is 19.1 Å². The molecular formula is C53H36Br2N2O. The maximum absolute atomic E-state index is 5.17. The van der Waals surface area contributed by atoms with Crippen molar-refractivity contribution in [3.63, 3.8) is 0 Å². The molecule has 2 aromatic heterocycles. The number of halogens is 2. The molecule has 0 aliphatic carbocycles. The molecule has 0 radical (unpaired) electrons. The van der Waals surface area contributed by atoms with E-state index in [-0.39, 0.29) is 0 Å². The van der Waals surface area contributed by atoms with Crippen molar-refractivity contribution >= 4 is 103 Å². The average Bonchev–Trinajstić information content (AvgIpc) is 3.78. The van der Waals surface area contributed by atoms with Crippen LogP contribution in [0.25, 0.3) is 93.7 Å². The highest BCUT2D eigenvalue weighted by Gasteiger charge is 2.16. The summed E-state index contributed by atoms with van der Waals surface area (Å²) in [6, 6.07) is 67.0. The lowest BCUT2D eigenvalue weighted by Gasteiger charge is -2.10. The minimum Gasteiger partial charge on any atom is -0.504 e. The van der Waals surface area contributed by atoms with Crippen LogP contribution in [0.4, 0.5) is 0 Å². The van der Waals surface area contributed by atoms with Gasteiger partial charge in [0.15, 0.2) is 0 Å². The average molecular weight is 877 g/mol. The fraction of sp³-hybridized carbons (Fsp3) is 0.0189. The van der Waals surface area contributed by atoms with Crippen LogP contribution in [-0.4, -0.2) is 16.2 Å². The van der Waals surface area contributed by atoms with Crippen molar-refractivity contribution in [1.82, 2.24) is 9.13 Å². The number of aromatic nitrogens is 2. The summed E-state index contributed by atoms with van der Waals surface area (Å²) in [5, 5.41) is 10.2. The van der Waals surface area contributed by atoms with Gasteiger partial charge in [-0.3, -0.25) is 0 Å². The van der Waals surface area contributed by atoms with Gasteiger partial charge in [-0.05, 0) is 117 Å². The summed E-state index contributed by atoms with van der Waals surface area (Å²) in [4.78, 5) is 0. The number of nitrogens with zero attached hydrogens (tertiary/aromatic N) is 2. The maximum atomic E-state index is 5.17. The summed E-state index contributed by atoms with van der Waals surface area (Å²) in [6.07, 6.45) is 3.71. The van der Waals surface area contributed by atoms with E-state index in [4.69, 9.17) is 4.74 Å². The zero-order valence-electron chi connectivity index (χ0n) is 31.6. The highest BCUT2D eigenvalue weighted by molar-refractivity contribution is 9.11. The quantitative estimate of drug-likeness (QED) is 0.125. The Bertz CT molecular complexity index is 3340. The first-order valence-corrected chi connectivity index (χ1v) is 20.8. The van der Waals surface area contributed by atoms with E-state index in [1.54, 1.807) is 13.4 Å². The number of fused-ring (bicyclic) bond motifs is 9. The van der Waals surface area contributed by atoms with Crippen LogP contribution in [0.1, 0.15) is 5.56 Å². The molecule has 0 saturated heterocycles. The van der Waals surface area contributed by atoms with Gasteiger partial charge in [-0.25, -0.2) is 0 Å². The van der Waals surface area contributed by atoms with Gasteiger partial charge in [0.25, 0.3) is 0 Å². The predicted octanol–water partition coefficient (Wildman–Crippen LogP) is 15.7. The van der Waals surface area contributed by atoms with Gasteiger partial charge in [0.05, 0.1) is 35.4 Å². The molecule has 0 aliphatic heterocycles. The number of para-hydroxylation sites is 4. The molecule has 0 aliphatic rings. The van der Waals surface area contributed by atoms with Crippen LogP contribution in [0.3, 0.4) is 0 Å². The normalized spacial score (nSPS) is 11.6. The van der Waals surface area contributed by atoms with E-state index in [2.05, 4.69) is 229 Å². The van der Waals surface area contributed by atoms with E-state index in [0.717, 1.165) is 20.1 Å². The molecule has 0 N–H and O–H groups in total. The van der Waals surface area contributed by atoms with E-state index < -0.39 is 0 Å². The Kier molecular flexibility index (Phi) is 9.41. The standard InChI is InChI=1S/C27H20BrNO.C26H16BrN/c1-30-17-16-22-21(11-7-12-25(22)28)19-14-15-27-24(18-19)23-10-5-6-13-26(23)29(27)20-8-3-2-4-9-20;27-24-11-6-10-19-20(24)14-13-17-15-26-23(16-22(17)19)21-9-4-5-12-25(21)28(26)18-7-2-1-3-8-18/h2-18H,1H3;1-16H. The van der Waals surface area contributed by atoms with Crippen LogP contribution >= 0.6 is 31.9 Å². The lowest BCUT2D eigenvalue weighted by atomic mass is 9.98. The largest absolute Gasteiger partial charge is 0.504 e. The minimum absolute atomic E-state index is 1.04. The van der Waals surface area contributed by atoms with Crippen LogP contribution in [0, 0.1) is 0 Å². The summed E-state index contributed by atoms with van der Waals surface area (Å²) in [5.74, 6) is 0. The van der Waals surface area contributed by atoms with Crippen LogP contribution in [0.2, 0.25) is 0 Å². The van der Waals surface area contributed by atoms with Crippen molar-refractivity contribution in [2.45, 2.75) is 0 Å². The summed E-state index contributed by atoms with van der Waals surface area (Å²) in [6.45, 7) is 0. The van der Waals surface area contributed by atoms with E-state index in [1.807, 2.05) is 6.08 Å². The van der Waals surface area contributed by atoms with Crippen molar-refractivity contribution in [3.05, 3.63) is 209 Å². The van der Waals surface area contributed by atoms with Gasteiger partial charge in [-0.15, -0.1) is 0 Å². The van der Waals surface area contributed by atoms with Crippen molar-refractivity contribution in [1.29, 1.82) is 0 Å². The first-order chi connectivity index (χ1) is 28.6. The van der Waals surface area contributed by atoms with Gasteiger partial charge in [0, 0.05) is 41.9 Å². The van der Waals surface area contributed by atoms with Crippen molar-refractivity contribution in [2.75, 3.05) is 7.11 Å². The van der Waals surface area contributed by atoms with E-state index in [1.165, 1.54) is 82.1 Å². The summed E-state index contributed by atoms with van der Waals surface area (Å²) in [7, 11) is 1.66. The van der Waals surface area contributed by atoms with Gasteiger partial charge >= 0.3 is 0 Å². The molecule has 0 unspecified atom stereocenters. The number of hydrogen-bond acceptors (Lipinski definition) is 1. The second-order valence-electron chi connectivity index (χ2n) is 14.3. The number of hydrogen-bond donors (Lipinski definition) is 0. The predicted molar refractivity (Wildman–Crippen MR) is 253 cm³/mol. The minimum atomic E-state index is 1.04. The molecule has 0 amide bonds. The fourth-order valence-corrected chi connectivity index (χ4v) is 9.46. The zero-order chi connectivity index (χ0) is 39.2. The van der Waals surface area contributed by atoms with Crippen molar-refractivity contribution in [3.8, 4) is 22.5 Å². The number of benzene rings is 9. The summed E-state index contributed by atoms with van der Waals surface area (Å²) in [5.41, 5.74) is 10.7. The number of methoxy groups -OCH3 is 1. The molecule has 0 fully saturated rings. The highest BCUT2D eigenvalue weighted by Crippen LogP contribution is 2.39. The third-order valence-corrected chi connectivity index (χ3v) is 12.4. The third-order valence-electron chi connectivity index (χ3n) is 11.1. The van der Waals surface area contributed by atoms with E-state index in [9.17, 15) is 0 Å². The van der Waals surface area contributed by atoms with E-state index in [0.29, 0.717) is 0 Å². The molecule has 11 aromatic rings. The Balaban J connectivity index is 0.000000141. The smallest absolute Gasteiger partial charge is 0.0831 e. The van der Waals surface area contributed by atoms with E-state index >= 15 is 0 Å². The number of ether oxygens (including phenoxy) is 1. The van der Waals surface area contributed by atoms with Crippen molar-refractivity contribution in [2.24, 2.45) is 0 Å². The molecule has 3 nitrogen and oxygen atoms in total.